The van der Waals surface area contributed by atoms with Crippen LogP contribution in [0.1, 0.15) is 27.1 Å². The largest absolute Gasteiger partial charge is 0.454 e. The quantitative estimate of drug-likeness (QED) is 0.248. The van der Waals surface area contributed by atoms with Gasteiger partial charge in [-0.25, -0.2) is 9.69 Å². The van der Waals surface area contributed by atoms with Crippen molar-refractivity contribution in [2.45, 2.75) is 16.6 Å². The molecule has 0 saturated carbocycles. The Morgan fingerprint density at radius 2 is 1.58 bits per heavy atom. The number of rotatable bonds is 7. The van der Waals surface area contributed by atoms with Crippen LogP contribution in [-0.2, 0) is 14.3 Å². The molecule has 1 saturated heterocycles. The number of nitrogen functional groups attached to an aromatic ring is 1. The number of hydrogen-bond donors (Lipinski definition) is 1. The van der Waals surface area contributed by atoms with Crippen molar-refractivity contribution in [2.24, 2.45) is 0 Å². The number of thioether (sulfide) groups is 1. The Kier molecular flexibility index (Phi) is 6.55. The van der Waals surface area contributed by atoms with Crippen LogP contribution in [0.4, 0.5) is 11.4 Å². The summed E-state index contributed by atoms with van der Waals surface area (Å²) in [6.07, 6.45) is 0.0826. The Hall–Kier alpha value is -3.91. The molecule has 166 valence electrons. The molecule has 4 rings (SSSR count). The Morgan fingerprint density at radius 1 is 0.909 bits per heavy atom. The number of Topliss-reactive ketones (excluding diaryl/α,β-unsaturated/α-hetero) is 1. The van der Waals surface area contributed by atoms with Crippen LogP contribution in [0, 0.1) is 0 Å². The van der Waals surface area contributed by atoms with Crippen LogP contribution in [0.15, 0.2) is 83.8 Å². The maximum absolute atomic E-state index is 12.8. The zero-order valence-corrected chi connectivity index (χ0v) is 18.3. The fraction of sp³-hybridized carbons (Fsp3) is 0.120. The van der Waals surface area contributed by atoms with Crippen LogP contribution in [0.3, 0.4) is 0 Å². The molecule has 0 radical (unpaired) electrons. The Labute approximate surface area is 194 Å². The predicted molar refractivity (Wildman–Crippen MR) is 125 cm³/mol. The molecule has 3 aromatic carbocycles. The molecule has 8 heteroatoms. The van der Waals surface area contributed by atoms with E-state index in [0.29, 0.717) is 16.9 Å². The molecular weight excluding hydrogens is 440 g/mol. The standard InChI is InChI=1S/C25H20N2O5S/c26-18-8-12-20(13-9-18)33-22-14-23(29)27(24(22)30)19-10-6-17(7-11-19)25(31)32-15-21(28)16-4-2-1-3-5-16/h1-13,22H,14-15,26H2. The minimum atomic E-state index is -0.665. The molecule has 1 heterocycles. The van der Waals surface area contributed by atoms with Gasteiger partial charge in [0.05, 0.1) is 16.5 Å². The molecule has 0 aliphatic carbocycles. The molecule has 0 bridgehead atoms. The highest BCUT2D eigenvalue weighted by Gasteiger charge is 2.40. The summed E-state index contributed by atoms with van der Waals surface area (Å²) in [7, 11) is 0. The van der Waals surface area contributed by atoms with E-state index in [4.69, 9.17) is 10.5 Å². The summed E-state index contributed by atoms with van der Waals surface area (Å²) < 4.78 is 5.10. The van der Waals surface area contributed by atoms with E-state index in [2.05, 4.69) is 0 Å². The molecule has 1 aliphatic rings. The van der Waals surface area contributed by atoms with Gasteiger partial charge < -0.3 is 10.5 Å². The van der Waals surface area contributed by atoms with Crippen LogP contribution in [0.25, 0.3) is 0 Å². The predicted octanol–water partition coefficient (Wildman–Crippen LogP) is 3.73. The van der Waals surface area contributed by atoms with Crippen molar-refractivity contribution in [1.29, 1.82) is 0 Å². The molecular formula is C25H20N2O5S. The molecule has 1 unspecified atom stereocenters. The molecule has 1 aliphatic heterocycles. The van der Waals surface area contributed by atoms with Gasteiger partial charge in [0.1, 0.15) is 0 Å². The maximum Gasteiger partial charge on any atom is 0.338 e. The second kappa shape index (κ2) is 9.70. The van der Waals surface area contributed by atoms with Crippen LogP contribution in [0.5, 0.6) is 0 Å². The van der Waals surface area contributed by atoms with Gasteiger partial charge in [-0.05, 0) is 48.5 Å². The number of benzene rings is 3. The number of hydrogen-bond acceptors (Lipinski definition) is 7. The number of imide groups is 1. The van der Waals surface area contributed by atoms with Crippen LogP contribution < -0.4 is 10.6 Å². The highest BCUT2D eigenvalue weighted by atomic mass is 32.2. The van der Waals surface area contributed by atoms with E-state index in [1.165, 1.54) is 36.0 Å². The van der Waals surface area contributed by atoms with Crippen molar-refractivity contribution < 1.29 is 23.9 Å². The maximum atomic E-state index is 12.8. The third-order valence-corrected chi connectivity index (χ3v) is 6.25. The monoisotopic (exact) mass is 460 g/mol. The zero-order valence-electron chi connectivity index (χ0n) is 17.5. The zero-order chi connectivity index (χ0) is 23.4. The molecule has 7 nitrogen and oxygen atoms in total. The second-order valence-electron chi connectivity index (χ2n) is 7.36. The van der Waals surface area contributed by atoms with Gasteiger partial charge in [0.15, 0.2) is 12.4 Å². The van der Waals surface area contributed by atoms with E-state index in [-0.39, 0.29) is 36.2 Å². The number of carbonyl (C=O) groups is 4. The first-order valence-electron chi connectivity index (χ1n) is 10.2. The van der Waals surface area contributed by atoms with Gasteiger partial charge >= 0.3 is 5.97 Å². The first kappa shape index (κ1) is 22.3. The average molecular weight is 461 g/mol. The highest BCUT2D eigenvalue weighted by molar-refractivity contribution is 8.00. The molecule has 1 fully saturated rings. The summed E-state index contributed by atoms with van der Waals surface area (Å²) in [4.78, 5) is 51.7. The van der Waals surface area contributed by atoms with Crippen molar-refractivity contribution in [3.05, 3.63) is 90.0 Å². The van der Waals surface area contributed by atoms with Gasteiger partial charge in [0, 0.05) is 22.6 Å². The van der Waals surface area contributed by atoms with Crippen molar-refractivity contribution >= 4 is 46.7 Å². The lowest BCUT2D eigenvalue weighted by molar-refractivity contribution is -0.121. The minimum Gasteiger partial charge on any atom is -0.454 e. The Bertz CT molecular complexity index is 1190. The van der Waals surface area contributed by atoms with E-state index in [9.17, 15) is 19.2 Å². The third kappa shape index (κ3) is 5.12. The van der Waals surface area contributed by atoms with E-state index < -0.39 is 11.2 Å². The second-order valence-corrected chi connectivity index (χ2v) is 8.64. The third-order valence-electron chi connectivity index (χ3n) is 5.06. The lowest BCUT2D eigenvalue weighted by Crippen LogP contribution is -2.31. The van der Waals surface area contributed by atoms with E-state index in [0.717, 1.165) is 9.80 Å². The molecule has 2 amide bonds. The van der Waals surface area contributed by atoms with E-state index >= 15 is 0 Å². The van der Waals surface area contributed by atoms with Gasteiger partial charge in [-0.15, -0.1) is 11.8 Å². The number of ether oxygens (including phenoxy) is 1. The Morgan fingerprint density at radius 3 is 2.24 bits per heavy atom. The fourth-order valence-corrected chi connectivity index (χ4v) is 4.40. The summed E-state index contributed by atoms with van der Waals surface area (Å²) in [5.74, 6) is -1.59. The fourth-order valence-electron chi connectivity index (χ4n) is 3.35. The lowest BCUT2D eigenvalue weighted by atomic mass is 10.1. The van der Waals surface area contributed by atoms with Crippen LogP contribution in [-0.4, -0.2) is 35.4 Å². The number of ketones is 1. The summed E-state index contributed by atoms with van der Waals surface area (Å²) in [5.41, 5.74) is 7.36. The van der Waals surface area contributed by atoms with Crippen molar-refractivity contribution in [1.82, 2.24) is 0 Å². The van der Waals surface area contributed by atoms with Crippen molar-refractivity contribution in [3.8, 4) is 0 Å². The number of esters is 1. The van der Waals surface area contributed by atoms with Gasteiger partial charge in [0.2, 0.25) is 11.8 Å². The number of nitrogens with two attached hydrogens (primary N) is 1. The highest BCUT2D eigenvalue weighted by Crippen LogP contribution is 2.34. The summed E-state index contributed by atoms with van der Waals surface area (Å²) in [5, 5.41) is -0.533. The Balaban J connectivity index is 1.38. The van der Waals surface area contributed by atoms with Crippen molar-refractivity contribution in [2.75, 3.05) is 17.2 Å². The first-order valence-corrected chi connectivity index (χ1v) is 11.0. The SMILES string of the molecule is Nc1ccc(SC2CC(=O)N(c3ccc(C(=O)OCC(=O)c4ccccc4)cc3)C2=O)cc1. The van der Waals surface area contributed by atoms with E-state index in [1.54, 1.807) is 42.5 Å². The normalized spacial score (nSPS) is 15.5. The smallest absolute Gasteiger partial charge is 0.338 e. The van der Waals surface area contributed by atoms with Gasteiger partial charge in [-0.1, -0.05) is 30.3 Å². The molecule has 1 atom stereocenters. The molecule has 0 spiro atoms. The van der Waals surface area contributed by atoms with Crippen molar-refractivity contribution in [3.63, 3.8) is 0 Å². The topological polar surface area (TPSA) is 107 Å². The molecule has 0 aromatic heterocycles. The number of anilines is 2. The van der Waals surface area contributed by atoms with Crippen LogP contribution in [0.2, 0.25) is 0 Å². The lowest BCUT2D eigenvalue weighted by Gasteiger charge is -2.15. The molecule has 2 N–H and O–H groups in total. The van der Waals surface area contributed by atoms with Gasteiger partial charge in [-0.2, -0.15) is 0 Å². The van der Waals surface area contributed by atoms with Gasteiger partial charge in [-0.3, -0.25) is 14.4 Å². The van der Waals surface area contributed by atoms with Crippen LogP contribution >= 0.6 is 11.8 Å². The summed E-state index contributed by atoms with van der Waals surface area (Å²) >= 11 is 1.31. The summed E-state index contributed by atoms with van der Waals surface area (Å²) in [6.45, 7) is -0.377. The number of amides is 2. The summed E-state index contributed by atoms with van der Waals surface area (Å²) in [6, 6.07) is 21.6. The molecule has 33 heavy (non-hydrogen) atoms. The molecule has 3 aromatic rings. The number of nitrogens with zero attached hydrogens (tertiary/aromatic N) is 1. The number of carbonyl (C=O) groups excluding carboxylic acids is 4. The van der Waals surface area contributed by atoms with Gasteiger partial charge in [0.25, 0.3) is 0 Å². The minimum absolute atomic E-state index is 0.0826. The van der Waals surface area contributed by atoms with E-state index in [1.807, 2.05) is 12.1 Å². The first-order chi connectivity index (χ1) is 15.9. The average Bonchev–Trinajstić information content (AvgIpc) is 3.12.